The van der Waals surface area contributed by atoms with Gasteiger partial charge in [0.2, 0.25) is 0 Å². The lowest BCUT2D eigenvalue weighted by Gasteiger charge is -2.34. The third-order valence-electron chi connectivity index (χ3n) is 5.94. The molecule has 3 rings (SSSR count). The number of rotatable bonds is 3. The largest absolute Gasteiger partial charge is 0.207 e. The molecule has 0 amide bonds. The maximum atomic E-state index is 13.8. The predicted molar refractivity (Wildman–Crippen MR) is 96.7 cm³/mol. The normalized spacial score (nSPS) is 28.8. The van der Waals surface area contributed by atoms with Crippen molar-refractivity contribution in [1.29, 1.82) is 0 Å². The Hall–Kier alpha value is -1.37. The summed E-state index contributed by atoms with van der Waals surface area (Å²) in [7, 11) is 0. The lowest BCUT2D eigenvalue weighted by Crippen LogP contribution is -2.22. The Morgan fingerprint density at radius 1 is 1.04 bits per heavy atom. The van der Waals surface area contributed by atoms with Crippen molar-refractivity contribution in [1.82, 2.24) is 0 Å². The Bertz CT molecular complexity index is 588. The number of benzene rings is 1. The minimum Gasteiger partial charge on any atom is -0.207 e. The van der Waals surface area contributed by atoms with Gasteiger partial charge >= 0.3 is 0 Å². The first-order valence-corrected chi connectivity index (χ1v) is 9.25. The van der Waals surface area contributed by atoms with Gasteiger partial charge in [-0.3, -0.25) is 0 Å². The Kier molecular flexibility index (Phi) is 5.35. The zero-order valence-electron chi connectivity index (χ0n) is 14.5. The van der Waals surface area contributed by atoms with E-state index in [-0.39, 0.29) is 5.82 Å². The van der Waals surface area contributed by atoms with Crippen molar-refractivity contribution >= 4 is 5.57 Å². The van der Waals surface area contributed by atoms with Gasteiger partial charge in [-0.25, -0.2) is 4.39 Å². The fraction of sp³-hybridized carbons (Fsp3) is 0.545. The summed E-state index contributed by atoms with van der Waals surface area (Å²) in [5, 5.41) is 0. The highest BCUT2D eigenvalue weighted by atomic mass is 19.1. The zero-order valence-corrected chi connectivity index (χ0v) is 14.5. The molecule has 0 bridgehead atoms. The summed E-state index contributed by atoms with van der Waals surface area (Å²) in [6.07, 6.45) is 16.1. The van der Waals surface area contributed by atoms with Gasteiger partial charge < -0.3 is 0 Å². The summed E-state index contributed by atoms with van der Waals surface area (Å²) in [5.41, 5.74) is 3.17. The van der Waals surface area contributed by atoms with E-state index in [0.717, 1.165) is 35.3 Å². The molecule has 0 heterocycles. The van der Waals surface area contributed by atoms with Crippen molar-refractivity contribution in [3.63, 3.8) is 0 Å². The minimum atomic E-state index is -0.0761. The summed E-state index contributed by atoms with van der Waals surface area (Å²) >= 11 is 0. The van der Waals surface area contributed by atoms with Crippen LogP contribution in [0, 0.1) is 30.5 Å². The average molecular weight is 312 g/mol. The molecule has 1 atom stereocenters. The number of allylic oxidation sites excluding steroid dienone is 4. The van der Waals surface area contributed by atoms with Crippen LogP contribution in [-0.2, 0) is 0 Å². The predicted octanol–water partition coefficient (Wildman–Crippen LogP) is 6.70. The van der Waals surface area contributed by atoms with E-state index in [2.05, 4.69) is 31.2 Å². The molecule has 124 valence electrons. The smallest absolute Gasteiger partial charge is 0.126 e. The molecule has 0 radical (unpaired) electrons. The summed E-state index contributed by atoms with van der Waals surface area (Å²) in [6, 6.07) is 5.69. The minimum absolute atomic E-state index is 0.0761. The van der Waals surface area contributed by atoms with Gasteiger partial charge in [0, 0.05) is 0 Å². The van der Waals surface area contributed by atoms with Crippen LogP contribution in [0.25, 0.3) is 5.57 Å². The number of aryl methyl sites for hydroxylation is 1. The van der Waals surface area contributed by atoms with Gasteiger partial charge in [-0.2, -0.15) is 0 Å². The molecule has 1 fully saturated rings. The van der Waals surface area contributed by atoms with Crippen LogP contribution in [0.1, 0.15) is 63.0 Å². The quantitative estimate of drug-likeness (QED) is 0.545. The van der Waals surface area contributed by atoms with Crippen molar-refractivity contribution in [3.8, 4) is 0 Å². The van der Waals surface area contributed by atoms with Crippen LogP contribution < -0.4 is 0 Å². The maximum absolute atomic E-state index is 13.8. The Morgan fingerprint density at radius 3 is 2.43 bits per heavy atom. The van der Waals surface area contributed by atoms with E-state index in [1.54, 1.807) is 6.07 Å². The summed E-state index contributed by atoms with van der Waals surface area (Å²) in [4.78, 5) is 0. The lowest BCUT2D eigenvalue weighted by atomic mass is 9.71. The highest BCUT2D eigenvalue weighted by molar-refractivity contribution is 5.66. The second kappa shape index (κ2) is 7.47. The van der Waals surface area contributed by atoms with Crippen molar-refractivity contribution in [2.75, 3.05) is 0 Å². The van der Waals surface area contributed by atoms with Gasteiger partial charge in [0.05, 0.1) is 0 Å². The monoisotopic (exact) mass is 312 g/mol. The Balaban J connectivity index is 1.59. The second-order valence-electron chi connectivity index (χ2n) is 7.43. The molecule has 0 aromatic heterocycles. The fourth-order valence-electron chi connectivity index (χ4n) is 4.42. The highest BCUT2D eigenvalue weighted by Crippen LogP contribution is 2.41. The average Bonchev–Trinajstić information content (AvgIpc) is 2.59. The number of hydrogen-bond acceptors (Lipinski definition) is 0. The highest BCUT2D eigenvalue weighted by Gasteiger charge is 2.28. The molecule has 0 saturated heterocycles. The first-order valence-electron chi connectivity index (χ1n) is 9.25. The van der Waals surface area contributed by atoms with E-state index in [9.17, 15) is 4.39 Å². The van der Waals surface area contributed by atoms with Crippen LogP contribution in [0.5, 0.6) is 0 Å². The molecule has 0 spiro atoms. The van der Waals surface area contributed by atoms with Gasteiger partial charge in [0.15, 0.2) is 0 Å². The molecule has 0 N–H and O–H groups in total. The molecule has 1 heteroatoms. The molecule has 1 aromatic rings. The lowest BCUT2D eigenvalue weighted by molar-refractivity contribution is 0.212. The van der Waals surface area contributed by atoms with Gasteiger partial charge in [-0.1, -0.05) is 30.4 Å². The van der Waals surface area contributed by atoms with Crippen molar-refractivity contribution in [3.05, 3.63) is 53.4 Å². The van der Waals surface area contributed by atoms with Crippen molar-refractivity contribution in [2.45, 2.75) is 58.8 Å². The van der Waals surface area contributed by atoms with Gasteiger partial charge in [-0.05, 0) is 99.3 Å². The van der Waals surface area contributed by atoms with Gasteiger partial charge in [-0.15, -0.1) is 0 Å². The third kappa shape index (κ3) is 3.94. The second-order valence-corrected chi connectivity index (χ2v) is 7.43. The summed E-state index contributed by atoms with van der Waals surface area (Å²) in [5.74, 6) is 2.50. The molecule has 23 heavy (non-hydrogen) atoms. The third-order valence-corrected chi connectivity index (χ3v) is 5.94. The standard InChI is InChI=1S/C22H29F/c1-3-4-17-6-9-18(10-7-17)19-11-13-20(14-12-19)21-8-5-16(2)22(23)15-21/h3-5,8,13,15,17-19H,6-7,9-12,14H2,1-2H3/b4-3+. The van der Waals surface area contributed by atoms with Crippen LogP contribution >= 0.6 is 0 Å². The van der Waals surface area contributed by atoms with E-state index in [4.69, 9.17) is 0 Å². The molecule has 2 aliphatic carbocycles. The van der Waals surface area contributed by atoms with Crippen LogP contribution in [0.2, 0.25) is 0 Å². The van der Waals surface area contributed by atoms with Crippen molar-refractivity contribution < 1.29 is 4.39 Å². The SMILES string of the molecule is C/C=C/C1CCC(C2CC=C(c3ccc(C)c(F)c3)CC2)CC1. The molecular formula is C22H29F. The molecule has 2 aliphatic rings. The van der Waals surface area contributed by atoms with E-state index in [0.29, 0.717) is 0 Å². The molecule has 1 saturated carbocycles. The Labute approximate surface area is 140 Å². The van der Waals surface area contributed by atoms with Gasteiger partial charge in [0.1, 0.15) is 5.82 Å². The van der Waals surface area contributed by atoms with Crippen LogP contribution in [0.4, 0.5) is 4.39 Å². The van der Waals surface area contributed by atoms with Crippen LogP contribution in [0.3, 0.4) is 0 Å². The topological polar surface area (TPSA) is 0 Å². The first kappa shape index (κ1) is 16.5. The van der Waals surface area contributed by atoms with E-state index in [1.165, 1.54) is 44.1 Å². The Morgan fingerprint density at radius 2 is 1.83 bits per heavy atom. The molecule has 1 unspecified atom stereocenters. The number of hydrogen-bond donors (Lipinski definition) is 0. The first-order chi connectivity index (χ1) is 11.2. The van der Waals surface area contributed by atoms with Crippen LogP contribution in [0.15, 0.2) is 36.4 Å². The molecule has 0 aliphatic heterocycles. The van der Waals surface area contributed by atoms with E-state index in [1.807, 2.05) is 13.0 Å². The van der Waals surface area contributed by atoms with Gasteiger partial charge in [0.25, 0.3) is 0 Å². The van der Waals surface area contributed by atoms with E-state index >= 15 is 0 Å². The zero-order chi connectivity index (χ0) is 16.2. The number of halogens is 1. The van der Waals surface area contributed by atoms with Crippen LogP contribution in [-0.4, -0.2) is 0 Å². The summed E-state index contributed by atoms with van der Waals surface area (Å²) < 4.78 is 13.8. The van der Waals surface area contributed by atoms with E-state index < -0.39 is 0 Å². The molecular weight excluding hydrogens is 283 g/mol. The molecule has 1 aromatic carbocycles. The molecule has 0 nitrogen and oxygen atoms in total. The maximum Gasteiger partial charge on any atom is 0.126 e. The fourth-order valence-corrected chi connectivity index (χ4v) is 4.42. The summed E-state index contributed by atoms with van der Waals surface area (Å²) in [6.45, 7) is 3.96. The van der Waals surface area contributed by atoms with Crippen molar-refractivity contribution in [2.24, 2.45) is 17.8 Å².